The SMILES string of the molecule is Cc1nnc(SCC(=O)N2c3ccccc3CC2C)n1Cc1ccccc1. The number of carbonyl (C=O) groups is 1. The Kier molecular flexibility index (Phi) is 4.99. The van der Waals surface area contributed by atoms with Gasteiger partial charge in [-0.05, 0) is 37.5 Å². The molecule has 0 N–H and O–H groups in total. The molecule has 6 heteroatoms. The van der Waals surface area contributed by atoms with Gasteiger partial charge in [0.25, 0.3) is 0 Å². The number of aromatic nitrogens is 3. The highest BCUT2D eigenvalue weighted by molar-refractivity contribution is 7.99. The molecule has 3 aromatic rings. The fourth-order valence-corrected chi connectivity index (χ4v) is 4.40. The van der Waals surface area contributed by atoms with Crippen LogP contribution < -0.4 is 4.90 Å². The van der Waals surface area contributed by atoms with Gasteiger partial charge >= 0.3 is 0 Å². The molecule has 138 valence electrons. The number of carbonyl (C=O) groups excluding carboxylic acids is 1. The maximum absolute atomic E-state index is 12.9. The standard InChI is InChI=1S/C21H22N4OS/c1-15-12-18-10-6-7-11-19(18)25(15)20(26)14-27-21-23-22-16(2)24(21)13-17-8-4-3-5-9-17/h3-11,15H,12-14H2,1-2H3. The third-order valence-electron chi connectivity index (χ3n) is 4.89. The van der Waals surface area contributed by atoms with Crippen molar-refractivity contribution in [2.75, 3.05) is 10.7 Å². The summed E-state index contributed by atoms with van der Waals surface area (Å²) in [6.45, 7) is 4.75. The van der Waals surface area contributed by atoms with Crippen LogP contribution in [0.2, 0.25) is 0 Å². The molecule has 1 aromatic heterocycles. The largest absolute Gasteiger partial charge is 0.308 e. The van der Waals surface area contributed by atoms with Gasteiger partial charge in [0, 0.05) is 11.7 Å². The van der Waals surface area contributed by atoms with Crippen molar-refractivity contribution < 1.29 is 4.79 Å². The highest BCUT2D eigenvalue weighted by atomic mass is 32.2. The smallest absolute Gasteiger partial charge is 0.237 e. The predicted octanol–water partition coefficient (Wildman–Crippen LogP) is 3.70. The van der Waals surface area contributed by atoms with Gasteiger partial charge in [0.2, 0.25) is 5.91 Å². The number of nitrogens with zero attached hydrogens (tertiary/aromatic N) is 4. The number of thioether (sulfide) groups is 1. The Bertz CT molecular complexity index is 954. The molecule has 1 aliphatic rings. The molecule has 0 spiro atoms. The summed E-state index contributed by atoms with van der Waals surface area (Å²) in [5.74, 6) is 1.32. The molecule has 4 rings (SSSR count). The number of para-hydroxylation sites is 1. The van der Waals surface area contributed by atoms with Crippen molar-refractivity contribution in [1.29, 1.82) is 0 Å². The summed E-state index contributed by atoms with van der Waals surface area (Å²) in [7, 11) is 0. The first kappa shape index (κ1) is 17.8. The zero-order chi connectivity index (χ0) is 18.8. The monoisotopic (exact) mass is 378 g/mol. The van der Waals surface area contributed by atoms with Gasteiger partial charge in [0.1, 0.15) is 5.82 Å². The summed E-state index contributed by atoms with van der Waals surface area (Å²) in [5, 5.41) is 9.27. The fraction of sp³-hybridized carbons (Fsp3) is 0.286. The molecule has 0 radical (unpaired) electrons. The number of amides is 1. The van der Waals surface area contributed by atoms with Gasteiger partial charge in [0.15, 0.2) is 5.16 Å². The number of hydrogen-bond donors (Lipinski definition) is 0. The summed E-state index contributed by atoms with van der Waals surface area (Å²) in [6.07, 6.45) is 0.913. The van der Waals surface area contributed by atoms with Gasteiger partial charge in [-0.2, -0.15) is 0 Å². The van der Waals surface area contributed by atoms with Crippen LogP contribution in [-0.4, -0.2) is 32.5 Å². The summed E-state index contributed by atoms with van der Waals surface area (Å²) in [5.41, 5.74) is 3.47. The number of rotatable bonds is 5. The molecule has 0 fully saturated rings. The van der Waals surface area contributed by atoms with Crippen molar-refractivity contribution >= 4 is 23.4 Å². The maximum atomic E-state index is 12.9. The lowest BCUT2D eigenvalue weighted by molar-refractivity contribution is -0.116. The minimum absolute atomic E-state index is 0.115. The van der Waals surface area contributed by atoms with Crippen molar-refractivity contribution in [2.45, 2.75) is 38.0 Å². The summed E-state index contributed by atoms with van der Waals surface area (Å²) < 4.78 is 2.06. The number of fused-ring (bicyclic) bond motifs is 1. The lowest BCUT2D eigenvalue weighted by atomic mass is 10.1. The molecular formula is C21H22N4OS. The Labute approximate surface area is 163 Å². The zero-order valence-electron chi connectivity index (χ0n) is 15.5. The van der Waals surface area contributed by atoms with E-state index in [0.29, 0.717) is 12.3 Å². The van der Waals surface area contributed by atoms with Gasteiger partial charge in [-0.3, -0.25) is 4.79 Å². The molecule has 1 amide bonds. The molecule has 27 heavy (non-hydrogen) atoms. The molecule has 1 atom stereocenters. The van der Waals surface area contributed by atoms with Gasteiger partial charge in [-0.25, -0.2) is 0 Å². The summed E-state index contributed by atoms with van der Waals surface area (Å²) in [4.78, 5) is 14.8. The number of aryl methyl sites for hydroxylation is 1. The maximum Gasteiger partial charge on any atom is 0.237 e. The average Bonchev–Trinajstić information content (AvgIpc) is 3.20. The van der Waals surface area contributed by atoms with E-state index >= 15 is 0 Å². The predicted molar refractivity (Wildman–Crippen MR) is 108 cm³/mol. The van der Waals surface area contributed by atoms with Crippen LogP contribution in [0.4, 0.5) is 5.69 Å². The second kappa shape index (κ2) is 7.56. The summed E-state index contributed by atoms with van der Waals surface area (Å²) in [6, 6.07) is 18.6. The van der Waals surface area contributed by atoms with E-state index in [1.54, 1.807) is 0 Å². The molecule has 0 saturated carbocycles. The van der Waals surface area contributed by atoms with E-state index in [-0.39, 0.29) is 11.9 Å². The van der Waals surface area contributed by atoms with E-state index in [4.69, 9.17) is 0 Å². The van der Waals surface area contributed by atoms with Gasteiger partial charge in [-0.1, -0.05) is 60.3 Å². The summed E-state index contributed by atoms with van der Waals surface area (Å²) >= 11 is 1.46. The lowest BCUT2D eigenvalue weighted by Crippen LogP contribution is -2.37. The van der Waals surface area contributed by atoms with Gasteiger partial charge < -0.3 is 9.47 Å². The second-order valence-corrected chi connectivity index (χ2v) is 7.78. The Morgan fingerprint density at radius 2 is 1.85 bits per heavy atom. The second-order valence-electron chi connectivity index (χ2n) is 6.84. The van der Waals surface area contributed by atoms with Crippen LogP contribution >= 0.6 is 11.8 Å². The van der Waals surface area contributed by atoms with Crippen LogP contribution in [0, 0.1) is 6.92 Å². The van der Waals surface area contributed by atoms with Crippen LogP contribution in [0.3, 0.4) is 0 Å². The van der Waals surface area contributed by atoms with E-state index in [9.17, 15) is 4.79 Å². The normalized spacial score (nSPS) is 15.8. The number of hydrogen-bond acceptors (Lipinski definition) is 4. The quantitative estimate of drug-likeness (QED) is 0.635. The van der Waals surface area contributed by atoms with Crippen LogP contribution in [0.5, 0.6) is 0 Å². The minimum atomic E-state index is 0.115. The van der Waals surface area contributed by atoms with Gasteiger partial charge in [0.05, 0.1) is 12.3 Å². The number of anilines is 1. The highest BCUT2D eigenvalue weighted by Crippen LogP contribution is 2.32. The fourth-order valence-electron chi connectivity index (χ4n) is 3.56. The van der Waals surface area contributed by atoms with E-state index in [0.717, 1.165) is 23.1 Å². The van der Waals surface area contributed by atoms with Crippen molar-refractivity contribution in [2.24, 2.45) is 0 Å². The molecule has 0 saturated heterocycles. The van der Waals surface area contributed by atoms with Gasteiger partial charge in [-0.15, -0.1) is 10.2 Å². The van der Waals surface area contributed by atoms with Crippen molar-refractivity contribution in [3.05, 3.63) is 71.5 Å². The Balaban J connectivity index is 1.47. The van der Waals surface area contributed by atoms with Crippen LogP contribution in [-0.2, 0) is 17.8 Å². The van der Waals surface area contributed by atoms with Crippen molar-refractivity contribution in [3.63, 3.8) is 0 Å². The highest BCUT2D eigenvalue weighted by Gasteiger charge is 2.30. The average molecular weight is 379 g/mol. The molecule has 2 aromatic carbocycles. The Morgan fingerprint density at radius 3 is 2.67 bits per heavy atom. The van der Waals surface area contributed by atoms with Crippen LogP contribution in [0.25, 0.3) is 0 Å². The molecule has 1 unspecified atom stereocenters. The van der Waals surface area contributed by atoms with E-state index in [1.165, 1.54) is 22.9 Å². The molecular weight excluding hydrogens is 356 g/mol. The first-order valence-electron chi connectivity index (χ1n) is 9.10. The Hall–Kier alpha value is -2.60. The molecule has 5 nitrogen and oxygen atoms in total. The molecule has 0 bridgehead atoms. The van der Waals surface area contributed by atoms with Crippen LogP contribution in [0.1, 0.15) is 23.9 Å². The van der Waals surface area contributed by atoms with Crippen LogP contribution in [0.15, 0.2) is 59.8 Å². The first-order chi connectivity index (χ1) is 13.1. The van der Waals surface area contributed by atoms with Crippen molar-refractivity contribution in [1.82, 2.24) is 14.8 Å². The number of benzene rings is 2. The topological polar surface area (TPSA) is 51.0 Å². The lowest BCUT2D eigenvalue weighted by Gasteiger charge is -2.22. The Morgan fingerprint density at radius 1 is 1.11 bits per heavy atom. The molecule has 1 aliphatic heterocycles. The van der Waals surface area contributed by atoms with E-state index < -0.39 is 0 Å². The van der Waals surface area contributed by atoms with E-state index in [2.05, 4.69) is 39.9 Å². The first-order valence-corrected chi connectivity index (χ1v) is 10.1. The molecule has 2 heterocycles. The van der Waals surface area contributed by atoms with E-state index in [1.807, 2.05) is 48.2 Å². The third kappa shape index (κ3) is 3.62. The molecule has 0 aliphatic carbocycles. The minimum Gasteiger partial charge on any atom is -0.308 e. The van der Waals surface area contributed by atoms with Crippen molar-refractivity contribution in [3.8, 4) is 0 Å². The third-order valence-corrected chi connectivity index (χ3v) is 5.84. The zero-order valence-corrected chi connectivity index (χ0v) is 16.3.